The molecule has 3 aromatic rings. The first-order valence-corrected chi connectivity index (χ1v) is 8.74. The molecular weight excluding hydrogens is 371 g/mol. The standard InChI is InChI=1S/C19H20F3N5O/c1-3-18(2,17(28)25-11-19(20,21)22)27-15-8-9-23-16(26-15)13-10-24-14-7-5-4-6-12(13)14/h4-10,24H,3,11H2,1-2H3,(H,25,28)(H,23,26,27)/t18-/m1/s1. The molecule has 28 heavy (non-hydrogen) atoms. The maximum atomic E-state index is 12.4. The number of nitrogens with one attached hydrogen (secondary N) is 3. The number of carbonyl (C=O) groups is 1. The average molecular weight is 391 g/mol. The molecule has 0 saturated heterocycles. The van der Waals surface area contributed by atoms with Crippen molar-refractivity contribution >= 4 is 22.6 Å². The number of alkyl halides is 3. The number of para-hydroxylation sites is 1. The van der Waals surface area contributed by atoms with Gasteiger partial charge in [0.15, 0.2) is 5.82 Å². The molecule has 0 aliphatic carbocycles. The number of hydrogen-bond donors (Lipinski definition) is 3. The molecule has 3 N–H and O–H groups in total. The number of aromatic nitrogens is 3. The number of carbonyl (C=O) groups excluding carboxylic acids is 1. The largest absolute Gasteiger partial charge is 0.405 e. The Morgan fingerprint density at radius 3 is 2.68 bits per heavy atom. The van der Waals surface area contributed by atoms with Crippen molar-refractivity contribution < 1.29 is 18.0 Å². The second-order valence-electron chi connectivity index (χ2n) is 6.62. The van der Waals surface area contributed by atoms with Crippen molar-refractivity contribution in [1.29, 1.82) is 0 Å². The summed E-state index contributed by atoms with van der Waals surface area (Å²) in [6.07, 6.45) is -0.875. The summed E-state index contributed by atoms with van der Waals surface area (Å²) in [7, 11) is 0. The fraction of sp³-hybridized carbons (Fsp3) is 0.316. The Morgan fingerprint density at radius 2 is 1.96 bits per heavy atom. The molecule has 6 nitrogen and oxygen atoms in total. The van der Waals surface area contributed by atoms with E-state index in [1.807, 2.05) is 29.6 Å². The number of H-pyrrole nitrogens is 1. The zero-order valence-corrected chi connectivity index (χ0v) is 15.4. The van der Waals surface area contributed by atoms with Crippen LogP contribution in [0.25, 0.3) is 22.3 Å². The second kappa shape index (κ2) is 7.49. The summed E-state index contributed by atoms with van der Waals surface area (Å²) >= 11 is 0. The monoisotopic (exact) mass is 391 g/mol. The Hall–Kier alpha value is -3.10. The minimum Gasteiger partial charge on any atom is -0.360 e. The molecule has 0 spiro atoms. The van der Waals surface area contributed by atoms with Crippen LogP contribution < -0.4 is 10.6 Å². The summed E-state index contributed by atoms with van der Waals surface area (Å²) in [4.78, 5) is 24.2. The molecule has 0 unspecified atom stereocenters. The highest BCUT2D eigenvalue weighted by Gasteiger charge is 2.35. The minimum absolute atomic E-state index is 0.267. The van der Waals surface area contributed by atoms with Crippen molar-refractivity contribution in [2.45, 2.75) is 32.0 Å². The van der Waals surface area contributed by atoms with Crippen molar-refractivity contribution in [2.75, 3.05) is 11.9 Å². The topological polar surface area (TPSA) is 82.7 Å². The van der Waals surface area contributed by atoms with Gasteiger partial charge in [0.1, 0.15) is 17.9 Å². The molecule has 1 aromatic carbocycles. The molecule has 0 saturated carbocycles. The van der Waals surface area contributed by atoms with E-state index in [1.165, 1.54) is 13.1 Å². The molecule has 9 heteroatoms. The Bertz CT molecular complexity index is 985. The van der Waals surface area contributed by atoms with Crippen molar-refractivity contribution in [1.82, 2.24) is 20.3 Å². The van der Waals surface area contributed by atoms with Crippen LogP contribution >= 0.6 is 0 Å². The Kier molecular flexibility index (Phi) is 5.26. The summed E-state index contributed by atoms with van der Waals surface area (Å²) in [6, 6.07) is 9.25. The molecule has 0 bridgehead atoms. The second-order valence-corrected chi connectivity index (χ2v) is 6.62. The van der Waals surface area contributed by atoms with Crippen LogP contribution in [0.15, 0.2) is 42.7 Å². The van der Waals surface area contributed by atoms with Gasteiger partial charge in [-0.1, -0.05) is 25.1 Å². The molecular formula is C19H20F3N5O. The quantitative estimate of drug-likeness (QED) is 0.596. The third-order valence-electron chi connectivity index (χ3n) is 4.55. The molecule has 0 aliphatic heterocycles. The Labute approximate surface area is 159 Å². The molecule has 3 rings (SSSR count). The molecule has 1 amide bonds. The normalized spacial score (nSPS) is 13.9. The summed E-state index contributed by atoms with van der Waals surface area (Å²) in [6.45, 7) is 1.86. The molecule has 1 atom stereocenters. The van der Waals surface area contributed by atoms with Crippen LogP contribution in [0.1, 0.15) is 20.3 Å². The lowest BCUT2D eigenvalue weighted by molar-refractivity contribution is -0.140. The predicted molar refractivity (Wildman–Crippen MR) is 101 cm³/mol. The summed E-state index contributed by atoms with van der Waals surface area (Å²) in [5.74, 6) is 0.0398. The van der Waals surface area contributed by atoms with Gasteiger partial charge in [0.2, 0.25) is 5.91 Å². The van der Waals surface area contributed by atoms with Gasteiger partial charge in [-0.15, -0.1) is 0 Å². The fourth-order valence-electron chi connectivity index (χ4n) is 2.78. The van der Waals surface area contributed by atoms with Gasteiger partial charge in [0, 0.05) is 28.9 Å². The van der Waals surface area contributed by atoms with E-state index in [-0.39, 0.29) is 6.42 Å². The highest BCUT2D eigenvalue weighted by Crippen LogP contribution is 2.27. The number of amides is 1. The van der Waals surface area contributed by atoms with Crippen LogP contribution in [0.5, 0.6) is 0 Å². The van der Waals surface area contributed by atoms with Gasteiger partial charge in [-0.3, -0.25) is 4.79 Å². The highest BCUT2D eigenvalue weighted by molar-refractivity contribution is 5.94. The van der Waals surface area contributed by atoms with Gasteiger partial charge in [-0.25, -0.2) is 9.97 Å². The lowest BCUT2D eigenvalue weighted by Crippen LogP contribution is -2.52. The predicted octanol–water partition coefficient (Wildman–Crippen LogP) is 3.88. The smallest absolute Gasteiger partial charge is 0.360 e. The number of rotatable bonds is 6. The Morgan fingerprint density at radius 1 is 1.21 bits per heavy atom. The van der Waals surface area contributed by atoms with Crippen LogP contribution in [0.2, 0.25) is 0 Å². The van der Waals surface area contributed by atoms with E-state index in [0.29, 0.717) is 11.6 Å². The molecule has 2 aromatic heterocycles. The first-order chi connectivity index (χ1) is 13.2. The average Bonchev–Trinajstić information content (AvgIpc) is 3.09. The number of nitrogens with zero attached hydrogens (tertiary/aromatic N) is 2. The lowest BCUT2D eigenvalue weighted by Gasteiger charge is -2.29. The van der Waals surface area contributed by atoms with Gasteiger partial charge < -0.3 is 15.6 Å². The summed E-state index contributed by atoms with van der Waals surface area (Å²) in [5.41, 5.74) is 0.472. The van der Waals surface area contributed by atoms with Gasteiger partial charge in [-0.2, -0.15) is 13.2 Å². The van der Waals surface area contributed by atoms with Gasteiger partial charge in [0.05, 0.1) is 0 Å². The van der Waals surface area contributed by atoms with Crippen LogP contribution in [-0.2, 0) is 4.79 Å². The number of fused-ring (bicyclic) bond motifs is 1. The maximum absolute atomic E-state index is 12.4. The summed E-state index contributed by atoms with van der Waals surface area (Å²) < 4.78 is 37.2. The fourth-order valence-corrected chi connectivity index (χ4v) is 2.78. The molecule has 0 radical (unpaired) electrons. The van der Waals surface area contributed by atoms with Crippen molar-refractivity contribution in [3.05, 3.63) is 42.7 Å². The first kappa shape index (κ1) is 19.7. The van der Waals surface area contributed by atoms with E-state index in [1.54, 1.807) is 19.2 Å². The Balaban J connectivity index is 1.84. The number of halogens is 3. The van der Waals surface area contributed by atoms with Crippen LogP contribution in [0.3, 0.4) is 0 Å². The zero-order chi connectivity index (χ0) is 20.4. The van der Waals surface area contributed by atoms with Gasteiger partial charge in [0.25, 0.3) is 0 Å². The van der Waals surface area contributed by atoms with Gasteiger partial charge >= 0.3 is 6.18 Å². The minimum atomic E-state index is -4.47. The van der Waals surface area contributed by atoms with Crippen LogP contribution in [0.4, 0.5) is 19.0 Å². The third-order valence-corrected chi connectivity index (χ3v) is 4.55. The van der Waals surface area contributed by atoms with Crippen molar-refractivity contribution in [2.24, 2.45) is 0 Å². The number of anilines is 1. The molecule has 0 aliphatic rings. The molecule has 148 valence electrons. The molecule has 2 heterocycles. The van der Waals surface area contributed by atoms with Crippen molar-refractivity contribution in [3.8, 4) is 11.4 Å². The van der Waals surface area contributed by atoms with E-state index in [9.17, 15) is 18.0 Å². The third kappa shape index (κ3) is 4.24. The lowest BCUT2D eigenvalue weighted by atomic mass is 9.97. The van der Waals surface area contributed by atoms with Crippen LogP contribution in [0, 0.1) is 0 Å². The highest BCUT2D eigenvalue weighted by atomic mass is 19.4. The van der Waals surface area contributed by atoms with E-state index < -0.39 is 24.2 Å². The van der Waals surface area contributed by atoms with E-state index in [2.05, 4.69) is 20.3 Å². The van der Waals surface area contributed by atoms with E-state index in [0.717, 1.165) is 16.5 Å². The number of benzene rings is 1. The van der Waals surface area contributed by atoms with E-state index in [4.69, 9.17) is 0 Å². The summed E-state index contributed by atoms with van der Waals surface area (Å²) in [5, 5.41) is 5.82. The number of aromatic amines is 1. The van der Waals surface area contributed by atoms with Gasteiger partial charge in [-0.05, 0) is 25.5 Å². The SMILES string of the molecule is CC[C@@](C)(Nc1ccnc(-c2c[nH]c3ccccc23)n1)C(=O)NCC(F)(F)F. The zero-order valence-electron chi connectivity index (χ0n) is 15.4. The maximum Gasteiger partial charge on any atom is 0.405 e. The number of hydrogen-bond acceptors (Lipinski definition) is 4. The van der Waals surface area contributed by atoms with Crippen LogP contribution in [-0.4, -0.2) is 39.1 Å². The van der Waals surface area contributed by atoms with E-state index >= 15 is 0 Å². The first-order valence-electron chi connectivity index (χ1n) is 8.74. The van der Waals surface area contributed by atoms with Crippen molar-refractivity contribution in [3.63, 3.8) is 0 Å². The molecule has 0 fully saturated rings.